The first kappa shape index (κ1) is 10.2. The van der Waals surface area contributed by atoms with Gasteiger partial charge in [0, 0.05) is 20.8 Å². The Balaban J connectivity index is 4.53. The third-order valence-electron chi connectivity index (χ3n) is 1.41. The summed E-state index contributed by atoms with van der Waals surface area (Å²) in [5, 5.41) is 0. The van der Waals surface area contributed by atoms with E-state index in [0.29, 0.717) is 0 Å². The molecule has 11 heavy (non-hydrogen) atoms. The lowest BCUT2D eigenvalue weighted by Crippen LogP contribution is -2.29. The Labute approximate surface area is 69.7 Å². The molecule has 0 atom stereocenters. The van der Waals surface area contributed by atoms with Gasteiger partial charge in [-0.2, -0.15) is 0 Å². The normalized spacial score (nSPS) is 14.0. The summed E-state index contributed by atoms with van der Waals surface area (Å²) < 4.78 is 2.08. The minimum Gasteiger partial charge on any atom is -0.201 e. The quantitative estimate of drug-likeness (QED) is 0.422. The molecule has 0 heterocycles. The van der Waals surface area contributed by atoms with Gasteiger partial charge in [0.2, 0.25) is 0 Å². The van der Waals surface area contributed by atoms with Crippen molar-refractivity contribution in [2.24, 2.45) is 0 Å². The molecule has 0 unspecified atom stereocenters. The van der Waals surface area contributed by atoms with E-state index in [1.54, 1.807) is 0 Å². The van der Waals surface area contributed by atoms with Gasteiger partial charge in [0.05, 0.1) is 0 Å². The van der Waals surface area contributed by atoms with Gasteiger partial charge >= 0.3 is 0 Å². The first-order chi connectivity index (χ1) is 5.02. The van der Waals surface area contributed by atoms with Crippen molar-refractivity contribution >= 4 is 6.21 Å². The lowest BCUT2D eigenvalue weighted by Gasteiger charge is -2.12. The van der Waals surface area contributed by atoms with Gasteiger partial charge in [-0.15, -0.1) is 0 Å². The maximum absolute atomic E-state index is 3.74. The van der Waals surface area contributed by atoms with Crippen molar-refractivity contribution in [1.29, 1.82) is 0 Å². The zero-order valence-electron chi connectivity index (χ0n) is 7.96. The summed E-state index contributed by atoms with van der Waals surface area (Å²) >= 11 is 0. The van der Waals surface area contributed by atoms with Crippen LogP contribution in [0.3, 0.4) is 0 Å². The summed E-state index contributed by atoms with van der Waals surface area (Å²) in [5.41, 5.74) is 0.126. The van der Waals surface area contributed by atoms with Gasteiger partial charge in [-0.25, -0.2) is 4.58 Å². The summed E-state index contributed by atoms with van der Waals surface area (Å²) in [7, 11) is 0. The molecule has 0 amide bonds. The molecule has 1 heteroatoms. The van der Waals surface area contributed by atoms with Gasteiger partial charge in [-0.05, 0) is 19.6 Å². The van der Waals surface area contributed by atoms with Gasteiger partial charge in [0.1, 0.15) is 0 Å². The Morgan fingerprint density at radius 2 is 1.82 bits per heavy atom. The number of allylic oxidation sites excluding steroid dienone is 2. The second-order valence-electron chi connectivity index (χ2n) is 3.44. The molecule has 0 aromatic rings. The molecular formula is C10H18N+. The van der Waals surface area contributed by atoms with Crippen molar-refractivity contribution in [2.45, 2.75) is 33.2 Å². The Hall–Kier alpha value is -0.850. The van der Waals surface area contributed by atoms with E-state index in [1.165, 1.54) is 0 Å². The predicted molar refractivity (Wildman–Crippen MR) is 51.1 cm³/mol. The van der Waals surface area contributed by atoms with Crippen LogP contribution in [0.4, 0.5) is 0 Å². The van der Waals surface area contributed by atoms with E-state index >= 15 is 0 Å². The standard InChI is InChI=1S/C10H18N/c1-6-8-9-11(7-2)10(3,4)5/h6-9H,2H2,1,3-5H3/q+1/b8-6-,11-9?. The molecule has 0 saturated carbocycles. The molecule has 1 nitrogen and oxygen atoms in total. The van der Waals surface area contributed by atoms with Gasteiger partial charge < -0.3 is 0 Å². The fraction of sp³-hybridized carbons (Fsp3) is 0.500. The Kier molecular flexibility index (Phi) is 3.80. The maximum Gasteiger partial charge on any atom is 0.168 e. The van der Waals surface area contributed by atoms with Crippen LogP contribution in [0.1, 0.15) is 27.7 Å². The minimum atomic E-state index is 0.126. The predicted octanol–water partition coefficient (Wildman–Crippen LogP) is 2.59. The summed E-state index contributed by atoms with van der Waals surface area (Å²) in [6.07, 6.45) is 7.86. The lowest BCUT2D eigenvalue weighted by molar-refractivity contribution is -0.529. The van der Waals surface area contributed by atoms with Crippen molar-refractivity contribution in [3.05, 3.63) is 24.9 Å². The highest BCUT2D eigenvalue weighted by Crippen LogP contribution is 2.05. The molecule has 0 aromatic heterocycles. The zero-order chi connectivity index (χ0) is 8.91. The Morgan fingerprint density at radius 1 is 1.27 bits per heavy atom. The summed E-state index contributed by atoms with van der Waals surface area (Å²) in [4.78, 5) is 0. The van der Waals surface area contributed by atoms with Crippen molar-refractivity contribution in [1.82, 2.24) is 0 Å². The number of hydrogen-bond donors (Lipinski definition) is 0. The van der Waals surface area contributed by atoms with E-state index in [4.69, 9.17) is 0 Å². The Bertz CT molecular complexity index is 180. The van der Waals surface area contributed by atoms with Gasteiger partial charge in [0.25, 0.3) is 0 Å². The molecule has 0 aliphatic carbocycles. The van der Waals surface area contributed by atoms with Crippen molar-refractivity contribution in [3.8, 4) is 0 Å². The zero-order valence-corrected chi connectivity index (χ0v) is 7.96. The van der Waals surface area contributed by atoms with Gasteiger partial charge in [0.15, 0.2) is 18.0 Å². The van der Waals surface area contributed by atoms with Crippen molar-refractivity contribution in [3.63, 3.8) is 0 Å². The summed E-state index contributed by atoms with van der Waals surface area (Å²) in [6.45, 7) is 12.2. The van der Waals surface area contributed by atoms with E-state index < -0.39 is 0 Å². The Morgan fingerprint density at radius 3 is 2.09 bits per heavy atom. The van der Waals surface area contributed by atoms with Gasteiger partial charge in [-0.3, -0.25) is 0 Å². The molecule has 0 rings (SSSR count). The molecular weight excluding hydrogens is 134 g/mol. The lowest BCUT2D eigenvalue weighted by atomic mass is 10.1. The van der Waals surface area contributed by atoms with E-state index in [2.05, 4.69) is 31.9 Å². The van der Waals surface area contributed by atoms with Crippen LogP contribution in [0.5, 0.6) is 0 Å². The highest BCUT2D eigenvalue weighted by molar-refractivity contribution is 5.66. The molecule has 0 radical (unpaired) electrons. The molecule has 0 aliphatic heterocycles. The minimum absolute atomic E-state index is 0.126. The highest BCUT2D eigenvalue weighted by Gasteiger charge is 2.20. The van der Waals surface area contributed by atoms with Crippen LogP contribution in [0.15, 0.2) is 24.9 Å². The van der Waals surface area contributed by atoms with Crippen molar-refractivity contribution < 1.29 is 4.58 Å². The number of nitrogens with zero attached hydrogens (tertiary/aromatic N) is 1. The molecule has 0 fully saturated rings. The number of hydrogen-bond acceptors (Lipinski definition) is 0. The molecule has 0 spiro atoms. The van der Waals surface area contributed by atoms with Crippen LogP contribution in [-0.4, -0.2) is 16.3 Å². The third kappa shape index (κ3) is 3.76. The summed E-state index contributed by atoms with van der Waals surface area (Å²) in [6, 6.07) is 0. The first-order valence-electron chi connectivity index (χ1n) is 3.89. The SMILES string of the molecule is C=C[N+](=C/C=C\C)C(C)(C)C. The van der Waals surface area contributed by atoms with E-state index in [1.807, 2.05) is 31.5 Å². The van der Waals surface area contributed by atoms with Crippen LogP contribution >= 0.6 is 0 Å². The average molecular weight is 152 g/mol. The van der Waals surface area contributed by atoms with Crippen LogP contribution < -0.4 is 0 Å². The van der Waals surface area contributed by atoms with Crippen LogP contribution in [0, 0.1) is 0 Å². The topological polar surface area (TPSA) is 3.01 Å². The molecule has 0 bridgehead atoms. The van der Waals surface area contributed by atoms with E-state index in [9.17, 15) is 0 Å². The molecule has 0 N–H and O–H groups in total. The second-order valence-corrected chi connectivity index (χ2v) is 3.44. The van der Waals surface area contributed by atoms with Crippen LogP contribution in [-0.2, 0) is 0 Å². The molecule has 0 aliphatic rings. The highest BCUT2D eigenvalue weighted by atomic mass is 15.0. The maximum atomic E-state index is 3.74. The second kappa shape index (κ2) is 4.12. The fourth-order valence-electron chi connectivity index (χ4n) is 0.737. The summed E-state index contributed by atoms with van der Waals surface area (Å²) in [5.74, 6) is 0. The first-order valence-corrected chi connectivity index (χ1v) is 3.89. The van der Waals surface area contributed by atoms with Crippen molar-refractivity contribution in [2.75, 3.05) is 0 Å². The van der Waals surface area contributed by atoms with E-state index in [0.717, 1.165) is 0 Å². The smallest absolute Gasteiger partial charge is 0.168 e. The monoisotopic (exact) mass is 152 g/mol. The van der Waals surface area contributed by atoms with Crippen LogP contribution in [0.25, 0.3) is 0 Å². The third-order valence-corrected chi connectivity index (χ3v) is 1.41. The molecule has 62 valence electrons. The number of rotatable bonds is 2. The van der Waals surface area contributed by atoms with Gasteiger partial charge in [-0.1, -0.05) is 6.08 Å². The average Bonchev–Trinajstić information content (AvgIpc) is 1.87. The largest absolute Gasteiger partial charge is 0.201 e. The molecule has 0 aromatic carbocycles. The fourth-order valence-corrected chi connectivity index (χ4v) is 0.737. The van der Waals surface area contributed by atoms with E-state index in [-0.39, 0.29) is 5.54 Å². The van der Waals surface area contributed by atoms with Crippen LogP contribution in [0.2, 0.25) is 0 Å². The molecule has 0 saturated heterocycles.